The first kappa shape index (κ1) is 9.30. The molecule has 3 rings (SSSR count). The molecule has 0 atom stereocenters. The molecular weight excluding hydrogens is 218 g/mol. The van der Waals surface area contributed by atoms with Gasteiger partial charge in [0.05, 0.1) is 23.0 Å². The third-order valence-corrected chi connectivity index (χ3v) is 3.01. The number of aromatic amines is 1. The van der Waals surface area contributed by atoms with E-state index in [2.05, 4.69) is 20.3 Å². The summed E-state index contributed by atoms with van der Waals surface area (Å²) in [6, 6.07) is 7.96. The Balaban J connectivity index is 1.94. The number of rotatable bonds is 2. The number of imidazole rings is 1. The summed E-state index contributed by atoms with van der Waals surface area (Å²) in [6.45, 7) is 0. The normalized spacial score (nSPS) is 11.5. The summed E-state index contributed by atoms with van der Waals surface area (Å²) < 4.78 is 0. The first-order chi connectivity index (χ1) is 7.92. The Labute approximate surface area is 96.5 Å². The summed E-state index contributed by atoms with van der Waals surface area (Å²) >= 11 is 1.67. The molecule has 0 unspecified atom stereocenters. The minimum Gasteiger partial charge on any atom is -0.345 e. The van der Waals surface area contributed by atoms with Gasteiger partial charge in [0.2, 0.25) is 0 Å². The number of thiophene rings is 1. The van der Waals surface area contributed by atoms with Crippen LogP contribution >= 0.6 is 11.3 Å². The lowest BCUT2D eigenvalue weighted by molar-refractivity contribution is 1.34. The highest BCUT2D eigenvalue weighted by Crippen LogP contribution is 2.18. The Kier molecular flexibility index (Phi) is 2.27. The van der Waals surface area contributed by atoms with Crippen LogP contribution in [-0.4, -0.2) is 16.2 Å². The number of fused-ring (bicyclic) bond motifs is 1. The lowest BCUT2D eigenvalue weighted by atomic mass is 10.3. The van der Waals surface area contributed by atoms with Crippen LogP contribution in [0.5, 0.6) is 0 Å². The molecule has 0 aliphatic carbocycles. The standard InChI is InChI=1S/C12H9N3S/c1-2-11-12(15-8-14-11)5-10(1)13-6-9-3-4-16-7-9/h1-8H,(H,14,15). The largest absolute Gasteiger partial charge is 0.345 e. The molecule has 3 nitrogen and oxygen atoms in total. The third-order valence-electron chi connectivity index (χ3n) is 2.31. The molecule has 0 aliphatic heterocycles. The summed E-state index contributed by atoms with van der Waals surface area (Å²) in [5.74, 6) is 0. The highest BCUT2D eigenvalue weighted by Gasteiger charge is 1.96. The van der Waals surface area contributed by atoms with E-state index in [4.69, 9.17) is 0 Å². The SMILES string of the molecule is C(=Nc1ccc2nc[nH]c2c1)c1ccsc1. The summed E-state index contributed by atoms with van der Waals surface area (Å²) in [5, 5.41) is 4.11. The molecule has 1 aromatic carbocycles. The molecule has 0 fully saturated rings. The van der Waals surface area contributed by atoms with Gasteiger partial charge in [-0.05, 0) is 35.0 Å². The van der Waals surface area contributed by atoms with Crippen LogP contribution in [0.15, 0.2) is 46.3 Å². The van der Waals surface area contributed by atoms with E-state index in [9.17, 15) is 0 Å². The van der Waals surface area contributed by atoms with Gasteiger partial charge in [-0.1, -0.05) is 0 Å². The molecule has 0 bridgehead atoms. The highest BCUT2D eigenvalue weighted by molar-refractivity contribution is 7.08. The Bertz CT molecular complexity index is 623. The molecule has 0 saturated heterocycles. The van der Waals surface area contributed by atoms with Gasteiger partial charge in [-0.25, -0.2) is 4.98 Å². The molecule has 2 heterocycles. The minimum absolute atomic E-state index is 0.933. The van der Waals surface area contributed by atoms with Crippen molar-refractivity contribution < 1.29 is 0 Å². The van der Waals surface area contributed by atoms with E-state index in [1.165, 1.54) is 0 Å². The monoisotopic (exact) mass is 227 g/mol. The summed E-state index contributed by atoms with van der Waals surface area (Å²) in [4.78, 5) is 11.6. The van der Waals surface area contributed by atoms with E-state index in [0.717, 1.165) is 22.3 Å². The van der Waals surface area contributed by atoms with Crippen LogP contribution in [0, 0.1) is 0 Å². The van der Waals surface area contributed by atoms with Gasteiger partial charge in [-0.2, -0.15) is 11.3 Å². The first-order valence-corrected chi connectivity index (χ1v) is 5.85. The zero-order valence-electron chi connectivity index (χ0n) is 8.42. The smallest absolute Gasteiger partial charge is 0.0931 e. The van der Waals surface area contributed by atoms with Crippen LogP contribution in [0.4, 0.5) is 5.69 Å². The van der Waals surface area contributed by atoms with Gasteiger partial charge in [0.1, 0.15) is 0 Å². The number of hydrogen-bond donors (Lipinski definition) is 1. The molecule has 0 saturated carbocycles. The van der Waals surface area contributed by atoms with Gasteiger partial charge >= 0.3 is 0 Å². The molecule has 3 aromatic rings. The minimum atomic E-state index is 0.933. The van der Waals surface area contributed by atoms with Gasteiger partial charge in [0, 0.05) is 11.8 Å². The van der Waals surface area contributed by atoms with Crippen molar-refractivity contribution in [1.82, 2.24) is 9.97 Å². The predicted molar refractivity (Wildman–Crippen MR) is 67.7 cm³/mol. The zero-order valence-corrected chi connectivity index (χ0v) is 9.24. The maximum atomic E-state index is 4.41. The van der Waals surface area contributed by atoms with Crippen molar-refractivity contribution in [2.45, 2.75) is 0 Å². The summed E-state index contributed by atoms with van der Waals surface area (Å²) in [5.41, 5.74) is 4.05. The molecule has 0 radical (unpaired) electrons. The lowest BCUT2D eigenvalue weighted by Crippen LogP contribution is -1.74. The second-order valence-corrected chi connectivity index (χ2v) is 4.20. The van der Waals surface area contributed by atoms with Crippen molar-refractivity contribution in [1.29, 1.82) is 0 Å². The fourth-order valence-corrected chi connectivity index (χ4v) is 2.11. The van der Waals surface area contributed by atoms with Crippen molar-refractivity contribution in [3.8, 4) is 0 Å². The Morgan fingerprint density at radius 1 is 1.31 bits per heavy atom. The number of H-pyrrole nitrogens is 1. The Hall–Kier alpha value is -1.94. The van der Waals surface area contributed by atoms with Crippen molar-refractivity contribution >= 4 is 34.3 Å². The zero-order chi connectivity index (χ0) is 10.8. The fourth-order valence-electron chi connectivity index (χ4n) is 1.50. The molecule has 0 amide bonds. The number of benzene rings is 1. The second kappa shape index (κ2) is 3.90. The van der Waals surface area contributed by atoms with E-state index in [1.54, 1.807) is 17.7 Å². The first-order valence-electron chi connectivity index (χ1n) is 4.91. The van der Waals surface area contributed by atoms with Gasteiger partial charge in [-0.3, -0.25) is 4.99 Å². The van der Waals surface area contributed by atoms with Crippen molar-refractivity contribution in [2.24, 2.45) is 4.99 Å². The molecule has 2 aromatic heterocycles. The molecule has 4 heteroatoms. The van der Waals surface area contributed by atoms with E-state index < -0.39 is 0 Å². The molecular formula is C12H9N3S. The van der Waals surface area contributed by atoms with Crippen LogP contribution in [0.25, 0.3) is 11.0 Å². The average molecular weight is 227 g/mol. The van der Waals surface area contributed by atoms with Gasteiger partial charge in [0.15, 0.2) is 0 Å². The van der Waals surface area contributed by atoms with E-state index in [0.29, 0.717) is 0 Å². The highest BCUT2D eigenvalue weighted by atomic mass is 32.1. The number of aromatic nitrogens is 2. The van der Waals surface area contributed by atoms with E-state index in [-0.39, 0.29) is 0 Å². The van der Waals surface area contributed by atoms with Crippen molar-refractivity contribution in [3.05, 3.63) is 46.9 Å². The molecule has 16 heavy (non-hydrogen) atoms. The maximum absolute atomic E-state index is 4.41. The summed E-state index contributed by atoms with van der Waals surface area (Å²) in [6.07, 6.45) is 3.56. The van der Waals surface area contributed by atoms with Crippen LogP contribution in [0.1, 0.15) is 5.56 Å². The maximum Gasteiger partial charge on any atom is 0.0931 e. The third kappa shape index (κ3) is 1.75. The lowest BCUT2D eigenvalue weighted by Gasteiger charge is -1.92. The van der Waals surface area contributed by atoms with Gasteiger partial charge in [0.25, 0.3) is 0 Å². The van der Waals surface area contributed by atoms with E-state index in [1.807, 2.05) is 35.9 Å². The van der Waals surface area contributed by atoms with Crippen LogP contribution < -0.4 is 0 Å². The van der Waals surface area contributed by atoms with Crippen LogP contribution in [-0.2, 0) is 0 Å². The second-order valence-electron chi connectivity index (χ2n) is 3.42. The number of aliphatic imine (C=N–C) groups is 1. The van der Waals surface area contributed by atoms with Crippen LogP contribution in [0.2, 0.25) is 0 Å². The van der Waals surface area contributed by atoms with Crippen LogP contribution in [0.3, 0.4) is 0 Å². The van der Waals surface area contributed by atoms with E-state index >= 15 is 0 Å². The molecule has 0 aliphatic rings. The quantitative estimate of drug-likeness (QED) is 0.670. The topological polar surface area (TPSA) is 41.0 Å². The number of hydrogen-bond acceptors (Lipinski definition) is 3. The Morgan fingerprint density at radius 3 is 3.19 bits per heavy atom. The summed E-state index contributed by atoms with van der Waals surface area (Å²) in [7, 11) is 0. The molecule has 78 valence electrons. The van der Waals surface area contributed by atoms with Gasteiger partial charge < -0.3 is 4.98 Å². The Morgan fingerprint density at radius 2 is 2.31 bits per heavy atom. The van der Waals surface area contributed by atoms with Crippen molar-refractivity contribution in [2.75, 3.05) is 0 Å². The fraction of sp³-hybridized carbons (Fsp3) is 0. The molecule has 0 spiro atoms. The average Bonchev–Trinajstić information content (AvgIpc) is 2.97. The number of nitrogens with one attached hydrogen (secondary N) is 1. The molecule has 1 N–H and O–H groups in total. The predicted octanol–water partition coefficient (Wildman–Crippen LogP) is 3.38. The number of nitrogens with zero attached hydrogens (tertiary/aromatic N) is 2. The van der Waals surface area contributed by atoms with Gasteiger partial charge in [-0.15, -0.1) is 0 Å². The van der Waals surface area contributed by atoms with Crippen molar-refractivity contribution in [3.63, 3.8) is 0 Å².